The topological polar surface area (TPSA) is 47.3 Å². The molecule has 0 radical (unpaired) electrons. The summed E-state index contributed by atoms with van der Waals surface area (Å²) < 4.78 is 8.23. The summed E-state index contributed by atoms with van der Waals surface area (Å²) in [6.45, 7) is 4.89. The zero-order valence-corrected chi connectivity index (χ0v) is 14.1. The molecular formula is C15H19IN2O2. The number of aliphatic hydroxyl groups excluding tert-OH is 1. The van der Waals surface area contributed by atoms with Gasteiger partial charge in [0.15, 0.2) is 5.75 Å². The van der Waals surface area contributed by atoms with E-state index < -0.39 is 6.10 Å². The first-order chi connectivity index (χ1) is 9.60. The second kappa shape index (κ2) is 6.58. The Labute approximate surface area is 132 Å². The number of nitrogens with zero attached hydrogens (tertiary/aromatic N) is 2. The first-order valence-corrected chi connectivity index (χ1v) is 7.70. The van der Waals surface area contributed by atoms with Gasteiger partial charge in [0.2, 0.25) is 0 Å². The second-order valence-electron chi connectivity index (χ2n) is 4.70. The Morgan fingerprint density at radius 1 is 1.45 bits per heavy atom. The lowest BCUT2D eigenvalue weighted by molar-refractivity contribution is 0.201. The third-order valence-electron chi connectivity index (χ3n) is 3.28. The second-order valence-corrected chi connectivity index (χ2v) is 5.78. The molecule has 1 aromatic heterocycles. The van der Waals surface area contributed by atoms with Gasteiger partial charge in [0.25, 0.3) is 0 Å². The molecule has 1 atom stereocenters. The Bertz CT molecular complexity index is 596. The minimum absolute atomic E-state index is 0.628. The fraction of sp³-hybridized carbons (Fsp3) is 0.400. The van der Waals surface area contributed by atoms with Crippen LogP contribution >= 0.6 is 22.6 Å². The number of aryl methyl sites for hydroxylation is 2. The van der Waals surface area contributed by atoms with Gasteiger partial charge in [-0.15, -0.1) is 0 Å². The van der Waals surface area contributed by atoms with Crippen LogP contribution in [-0.2, 0) is 6.54 Å². The highest BCUT2D eigenvalue weighted by atomic mass is 127. The maximum Gasteiger partial charge on any atom is 0.163 e. The summed E-state index contributed by atoms with van der Waals surface area (Å²) in [6.07, 6.45) is 1.89. The molecule has 1 N–H and O–H groups in total. The first kappa shape index (κ1) is 15.3. The molecular weight excluding hydrogens is 367 g/mol. The van der Waals surface area contributed by atoms with E-state index in [-0.39, 0.29) is 0 Å². The van der Waals surface area contributed by atoms with E-state index in [9.17, 15) is 5.11 Å². The number of aromatic nitrogens is 2. The zero-order chi connectivity index (χ0) is 14.7. The third kappa shape index (κ3) is 2.83. The smallest absolute Gasteiger partial charge is 0.163 e. The van der Waals surface area contributed by atoms with Crippen molar-refractivity contribution in [1.29, 1.82) is 0 Å². The maximum absolute atomic E-state index is 10.8. The van der Waals surface area contributed by atoms with Gasteiger partial charge < -0.3 is 9.84 Å². The number of aliphatic hydroxyl groups is 1. The fourth-order valence-electron chi connectivity index (χ4n) is 2.23. The monoisotopic (exact) mass is 386 g/mol. The van der Waals surface area contributed by atoms with E-state index >= 15 is 0 Å². The van der Waals surface area contributed by atoms with E-state index in [4.69, 9.17) is 4.74 Å². The van der Waals surface area contributed by atoms with Gasteiger partial charge in [-0.2, -0.15) is 5.10 Å². The molecule has 2 rings (SSSR count). The molecule has 0 bridgehead atoms. The van der Waals surface area contributed by atoms with E-state index in [1.54, 1.807) is 13.3 Å². The number of hydrogen-bond acceptors (Lipinski definition) is 3. The quantitative estimate of drug-likeness (QED) is 0.803. The molecule has 0 spiro atoms. The van der Waals surface area contributed by atoms with Crippen LogP contribution in [0.3, 0.4) is 0 Å². The molecule has 1 heterocycles. The molecule has 0 aliphatic carbocycles. The summed E-state index contributed by atoms with van der Waals surface area (Å²) in [7, 11) is 1.60. The number of methoxy groups -OCH3 is 1. The Morgan fingerprint density at radius 3 is 2.85 bits per heavy atom. The molecule has 4 nitrogen and oxygen atoms in total. The largest absolute Gasteiger partial charge is 0.493 e. The summed E-state index contributed by atoms with van der Waals surface area (Å²) in [4.78, 5) is 0. The van der Waals surface area contributed by atoms with Crippen molar-refractivity contribution in [1.82, 2.24) is 9.78 Å². The minimum Gasteiger partial charge on any atom is -0.493 e. The molecule has 1 aromatic carbocycles. The molecule has 0 saturated carbocycles. The summed E-state index contributed by atoms with van der Waals surface area (Å²) in [6, 6.07) is 5.95. The molecule has 0 fully saturated rings. The Balaban J connectivity index is 2.49. The summed E-state index contributed by atoms with van der Waals surface area (Å²) in [5, 5.41) is 15.1. The molecule has 0 amide bonds. The average molecular weight is 386 g/mol. The van der Waals surface area contributed by atoms with Crippen molar-refractivity contribution < 1.29 is 9.84 Å². The lowest BCUT2D eigenvalue weighted by Crippen LogP contribution is -2.12. The SMILES string of the molecule is CCCn1ncc(OC)c1C(O)c1cccc(C)c1I. The van der Waals surface area contributed by atoms with E-state index in [0.717, 1.165) is 33.4 Å². The fourth-order valence-corrected chi connectivity index (χ4v) is 2.88. The number of rotatable bonds is 5. The van der Waals surface area contributed by atoms with Crippen LogP contribution in [0.4, 0.5) is 0 Å². The number of benzene rings is 1. The van der Waals surface area contributed by atoms with Crippen LogP contribution in [0.25, 0.3) is 0 Å². The highest BCUT2D eigenvalue weighted by molar-refractivity contribution is 14.1. The van der Waals surface area contributed by atoms with Gasteiger partial charge >= 0.3 is 0 Å². The van der Waals surface area contributed by atoms with Crippen LogP contribution in [0.2, 0.25) is 0 Å². The Hall–Kier alpha value is -1.08. The predicted octanol–water partition coefficient (Wildman–Crippen LogP) is 3.30. The molecule has 0 aliphatic rings. The van der Waals surface area contributed by atoms with E-state index in [2.05, 4.69) is 34.6 Å². The Kier molecular flexibility index (Phi) is 5.04. The van der Waals surface area contributed by atoms with E-state index in [0.29, 0.717) is 5.75 Å². The molecule has 0 saturated heterocycles. The number of ether oxygens (including phenoxy) is 1. The van der Waals surface area contributed by atoms with Gasteiger partial charge in [-0.05, 0) is 41.5 Å². The van der Waals surface area contributed by atoms with Gasteiger partial charge in [0.05, 0.1) is 13.3 Å². The summed E-state index contributed by atoms with van der Waals surface area (Å²) >= 11 is 2.27. The molecule has 2 aromatic rings. The molecule has 1 unspecified atom stereocenters. The summed E-state index contributed by atoms with van der Waals surface area (Å²) in [5.74, 6) is 0.628. The van der Waals surface area contributed by atoms with Gasteiger partial charge in [-0.25, -0.2) is 0 Å². The van der Waals surface area contributed by atoms with Crippen LogP contribution in [0.1, 0.15) is 36.3 Å². The van der Waals surface area contributed by atoms with Crippen LogP contribution in [0, 0.1) is 10.5 Å². The normalized spacial score (nSPS) is 12.4. The maximum atomic E-state index is 10.8. The number of halogens is 1. The lowest BCUT2D eigenvalue weighted by atomic mass is 10.0. The third-order valence-corrected chi connectivity index (χ3v) is 4.75. The van der Waals surface area contributed by atoms with Crippen molar-refractivity contribution >= 4 is 22.6 Å². The lowest BCUT2D eigenvalue weighted by Gasteiger charge is -2.17. The van der Waals surface area contributed by atoms with Gasteiger partial charge in [0.1, 0.15) is 11.8 Å². The molecule has 108 valence electrons. The van der Waals surface area contributed by atoms with Crippen LogP contribution in [-0.4, -0.2) is 22.0 Å². The first-order valence-electron chi connectivity index (χ1n) is 6.62. The Morgan fingerprint density at radius 2 is 2.20 bits per heavy atom. The van der Waals surface area contributed by atoms with Gasteiger partial charge in [-0.3, -0.25) is 4.68 Å². The van der Waals surface area contributed by atoms with Gasteiger partial charge in [0, 0.05) is 15.7 Å². The molecule has 20 heavy (non-hydrogen) atoms. The number of hydrogen-bond donors (Lipinski definition) is 1. The predicted molar refractivity (Wildman–Crippen MR) is 87.0 cm³/mol. The van der Waals surface area contributed by atoms with Crippen molar-refractivity contribution in [2.75, 3.05) is 7.11 Å². The highest BCUT2D eigenvalue weighted by Crippen LogP contribution is 2.33. The van der Waals surface area contributed by atoms with Crippen LogP contribution in [0.5, 0.6) is 5.75 Å². The van der Waals surface area contributed by atoms with Crippen molar-refractivity contribution in [3.63, 3.8) is 0 Å². The van der Waals surface area contributed by atoms with Crippen molar-refractivity contribution in [3.8, 4) is 5.75 Å². The van der Waals surface area contributed by atoms with E-state index in [1.165, 1.54) is 0 Å². The van der Waals surface area contributed by atoms with Crippen molar-refractivity contribution in [3.05, 3.63) is 44.8 Å². The molecule has 0 aliphatic heterocycles. The van der Waals surface area contributed by atoms with Crippen LogP contribution in [0.15, 0.2) is 24.4 Å². The van der Waals surface area contributed by atoms with E-state index in [1.807, 2.05) is 29.8 Å². The van der Waals surface area contributed by atoms with Gasteiger partial charge in [-0.1, -0.05) is 25.1 Å². The molecule has 5 heteroatoms. The zero-order valence-electron chi connectivity index (χ0n) is 11.9. The average Bonchev–Trinajstić information content (AvgIpc) is 2.84. The minimum atomic E-state index is -0.731. The standard InChI is InChI=1S/C15H19IN2O2/c1-4-8-18-14(12(20-3)9-17-18)15(19)11-7-5-6-10(2)13(11)16/h5-7,9,15,19H,4,8H2,1-3H3. The summed E-state index contributed by atoms with van der Waals surface area (Å²) in [5.41, 5.74) is 2.77. The van der Waals surface area contributed by atoms with Crippen molar-refractivity contribution in [2.45, 2.75) is 32.9 Å². The van der Waals surface area contributed by atoms with Crippen LogP contribution < -0.4 is 4.74 Å². The highest BCUT2D eigenvalue weighted by Gasteiger charge is 2.23. The van der Waals surface area contributed by atoms with Crippen molar-refractivity contribution in [2.24, 2.45) is 0 Å².